The Bertz CT molecular complexity index is 1390. The van der Waals surface area contributed by atoms with E-state index < -0.39 is 6.10 Å². The van der Waals surface area contributed by atoms with Crippen molar-refractivity contribution < 1.29 is 28.6 Å². The number of hydrogen-bond acceptors (Lipinski definition) is 6. The summed E-state index contributed by atoms with van der Waals surface area (Å²) in [7, 11) is 0. The van der Waals surface area contributed by atoms with E-state index in [1.807, 2.05) is 0 Å². The Kier molecular flexibility index (Phi) is 60.7. The molecule has 6 nitrogen and oxygen atoms in total. The molecule has 0 rings (SSSR count). The second-order valence-electron chi connectivity index (χ2n) is 21.6. The molecule has 434 valence electrons. The summed E-state index contributed by atoms with van der Waals surface area (Å²) in [6.45, 7) is 6.53. The number of ether oxygens (including phenoxy) is 3. The minimum Gasteiger partial charge on any atom is -0.462 e. The molecule has 0 aromatic carbocycles. The second-order valence-corrected chi connectivity index (χ2v) is 21.6. The predicted molar refractivity (Wildman–Crippen MR) is 325 cm³/mol. The zero-order chi connectivity index (χ0) is 54.3. The van der Waals surface area contributed by atoms with Crippen LogP contribution >= 0.6 is 0 Å². The molecule has 6 heteroatoms. The van der Waals surface area contributed by atoms with Crippen molar-refractivity contribution in [3.05, 3.63) is 72.9 Å². The molecule has 75 heavy (non-hydrogen) atoms. The minimum absolute atomic E-state index is 0.0764. The highest BCUT2D eigenvalue weighted by Crippen LogP contribution is 2.17. The molecule has 0 aliphatic carbocycles. The molecule has 0 spiro atoms. The first-order chi connectivity index (χ1) is 37.0. The molecule has 0 saturated heterocycles. The minimum atomic E-state index is -0.780. The van der Waals surface area contributed by atoms with Gasteiger partial charge in [0.05, 0.1) is 0 Å². The van der Waals surface area contributed by atoms with Gasteiger partial charge in [0.1, 0.15) is 13.2 Å². The highest BCUT2D eigenvalue weighted by Gasteiger charge is 2.19. The van der Waals surface area contributed by atoms with Gasteiger partial charge in [-0.15, -0.1) is 0 Å². The van der Waals surface area contributed by atoms with Gasteiger partial charge in [0.15, 0.2) is 6.10 Å². The van der Waals surface area contributed by atoms with Crippen molar-refractivity contribution in [1.82, 2.24) is 0 Å². The van der Waals surface area contributed by atoms with Gasteiger partial charge in [-0.25, -0.2) is 0 Å². The number of carbonyl (C=O) groups is 3. The van der Waals surface area contributed by atoms with Gasteiger partial charge in [-0.05, 0) is 89.9 Å². The fourth-order valence-corrected chi connectivity index (χ4v) is 9.35. The molecule has 0 aromatic rings. The van der Waals surface area contributed by atoms with E-state index in [0.29, 0.717) is 19.3 Å². The first kappa shape index (κ1) is 71.8. The zero-order valence-corrected chi connectivity index (χ0v) is 49.8. The van der Waals surface area contributed by atoms with Gasteiger partial charge < -0.3 is 14.2 Å². The van der Waals surface area contributed by atoms with Crippen LogP contribution in [0.25, 0.3) is 0 Å². The number of rotatable bonds is 59. The standard InChI is InChI=1S/C69H122O6/c1-4-7-10-13-16-19-22-25-27-29-30-31-32-33-34-35-36-37-38-39-40-41-43-44-47-50-53-56-59-62-68(71)74-65-66(64-73-67(70)61-58-55-52-49-46-24-21-18-15-12-9-6-3)75-69(72)63-60-57-54-51-48-45-42-28-26-23-20-17-14-11-8-5-2/h7,10,16,19-20,23,25,27-28,30-31,42,66H,4-6,8-9,11-15,17-18,21-22,24,26,29,32-41,43-65H2,1-3H3/b10-7-,19-16-,23-20-,27-25-,31-30-,42-28-. The van der Waals surface area contributed by atoms with Gasteiger partial charge >= 0.3 is 17.9 Å². The van der Waals surface area contributed by atoms with Gasteiger partial charge in [-0.2, -0.15) is 0 Å². The summed E-state index contributed by atoms with van der Waals surface area (Å²) in [5.74, 6) is -0.874. The highest BCUT2D eigenvalue weighted by molar-refractivity contribution is 5.71. The molecule has 0 aliphatic rings. The van der Waals surface area contributed by atoms with Crippen LogP contribution in [0.3, 0.4) is 0 Å². The quantitative estimate of drug-likeness (QED) is 0.0261. The Morgan fingerprint density at radius 2 is 0.520 bits per heavy atom. The monoisotopic (exact) mass is 1050 g/mol. The van der Waals surface area contributed by atoms with E-state index in [4.69, 9.17) is 14.2 Å². The molecule has 1 atom stereocenters. The van der Waals surface area contributed by atoms with Gasteiger partial charge in [0, 0.05) is 19.3 Å². The lowest BCUT2D eigenvalue weighted by Gasteiger charge is -2.18. The van der Waals surface area contributed by atoms with Crippen molar-refractivity contribution in [3.63, 3.8) is 0 Å². The van der Waals surface area contributed by atoms with Crippen LogP contribution in [0.4, 0.5) is 0 Å². The van der Waals surface area contributed by atoms with Crippen LogP contribution in [0, 0.1) is 0 Å². The molecule has 0 saturated carbocycles. The van der Waals surface area contributed by atoms with E-state index in [-0.39, 0.29) is 31.1 Å². The SMILES string of the molecule is CC/C=C\C/C=C\C/C=C\C/C=C\CCCCCCCCCCCCCCCCCCC(=O)OCC(COC(=O)CCCCCCCCCCCCCC)OC(=O)CCCCCCC/C=C\C/C=C\CCCCCC. The summed E-state index contributed by atoms with van der Waals surface area (Å²) < 4.78 is 16.9. The lowest BCUT2D eigenvalue weighted by atomic mass is 10.0. The fraction of sp³-hybridized carbons (Fsp3) is 0.783. The molecule has 0 aromatic heterocycles. The third-order valence-corrected chi connectivity index (χ3v) is 14.2. The third kappa shape index (κ3) is 61.6. The summed E-state index contributed by atoms with van der Waals surface area (Å²) in [5.41, 5.74) is 0. The van der Waals surface area contributed by atoms with Crippen LogP contribution in [0.5, 0.6) is 0 Å². The van der Waals surface area contributed by atoms with E-state index in [9.17, 15) is 14.4 Å². The second kappa shape index (κ2) is 63.4. The van der Waals surface area contributed by atoms with Crippen molar-refractivity contribution in [3.8, 4) is 0 Å². The number of esters is 3. The molecule has 0 fully saturated rings. The first-order valence-electron chi connectivity index (χ1n) is 32.4. The van der Waals surface area contributed by atoms with Crippen LogP contribution < -0.4 is 0 Å². The van der Waals surface area contributed by atoms with Gasteiger partial charge in [-0.3, -0.25) is 14.4 Å². The molecule has 0 aliphatic heterocycles. The largest absolute Gasteiger partial charge is 0.462 e. The van der Waals surface area contributed by atoms with E-state index >= 15 is 0 Å². The normalized spacial score (nSPS) is 12.5. The molecule has 0 radical (unpaired) electrons. The van der Waals surface area contributed by atoms with Crippen molar-refractivity contribution in [2.75, 3.05) is 13.2 Å². The smallest absolute Gasteiger partial charge is 0.306 e. The summed E-state index contributed by atoms with van der Waals surface area (Å²) in [6.07, 6.45) is 82.0. The van der Waals surface area contributed by atoms with Gasteiger partial charge in [-0.1, -0.05) is 293 Å². The lowest BCUT2D eigenvalue weighted by molar-refractivity contribution is -0.167. The number of carbonyl (C=O) groups excluding carboxylic acids is 3. The Hall–Kier alpha value is -3.15. The topological polar surface area (TPSA) is 78.9 Å². The summed E-state index contributed by atoms with van der Waals surface area (Å²) in [4.78, 5) is 38.2. The van der Waals surface area contributed by atoms with Crippen LogP contribution in [-0.4, -0.2) is 37.2 Å². The maximum Gasteiger partial charge on any atom is 0.306 e. The molecule has 0 amide bonds. The molecular weight excluding hydrogens is 925 g/mol. The van der Waals surface area contributed by atoms with Gasteiger partial charge in [0.25, 0.3) is 0 Å². The van der Waals surface area contributed by atoms with Crippen LogP contribution in [0.2, 0.25) is 0 Å². The van der Waals surface area contributed by atoms with E-state index in [0.717, 1.165) is 109 Å². The van der Waals surface area contributed by atoms with Crippen LogP contribution in [-0.2, 0) is 28.6 Å². The Balaban J connectivity index is 4.20. The molecule has 0 N–H and O–H groups in total. The summed E-state index contributed by atoms with van der Waals surface area (Å²) >= 11 is 0. The fourth-order valence-electron chi connectivity index (χ4n) is 9.35. The first-order valence-corrected chi connectivity index (χ1v) is 32.4. The Morgan fingerprint density at radius 3 is 0.827 bits per heavy atom. The number of allylic oxidation sites excluding steroid dienone is 12. The van der Waals surface area contributed by atoms with E-state index in [2.05, 4.69) is 93.7 Å². The molecule has 0 heterocycles. The number of hydrogen-bond donors (Lipinski definition) is 0. The average molecular weight is 1050 g/mol. The maximum atomic E-state index is 12.9. The molecular formula is C69H122O6. The third-order valence-electron chi connectivity index (χ3n) is 14.2. The summed E-state index contributed by atoms with van der Waals surface area (Å²) in [6, 6.07) is 0. The van der Waals surface area contributed by atoms with Crippen molar-refractivity contribution in [2.24, 2.45) is 0 Å². The molecule has 1 unspecified atom stereocenters. The predicted octanol–water partition coefficient (Wildman–Crippen LogP) is 22.1. The average Bonchev–Trinajstić information content (AvgIpc) is 3.41. The highest BCUT2D eigenvalue weighted by atomic mass is 16.6. The molecule has 0 bridgehead atoms. The van der Waals surface area contributed by atoms with E-state index in [1.165, 1.54) is 180 Å². The Labute approximate surface area is 465 Å². The zero-order valence-electron chi connectivity index (χ0n) is 49.8. The van der Waals surface area contributed by atoms with Crippen molar-refractivity contribution in [2.45, 2.75) is 335 Å². The van der Waals surface area contributed by atoms with Crippen molar-refractivity contribution >= 4 is 17.9 Å². The Morgan fingerprint density at radius 1 is 0.280 bits per heavy atom. The number of unbranched alkanes of at least 4 members (excludes halogenated alkanes) is 36. The van der Waals surface area contributed by atoms with Crippen LogP contribution in [0.15, 0.2) is 72.9 Å². The maximum absolute atomic E-state index is 12.9. The summed E-state index contributed by atoms with van der Waals surface area (Å²) in [5, 5.41) is 0. The van der Waals surface area contributed by atoms with E-state index in [1.54, 1.807) is 0 Å². The lowest BCUT2D eigenvalue weighted by Crippen LogP contribution is -2.30. The van der Waals surface area contributed by atoms with Gasteiger partial charge in [0.2, 0.25) is 0 Å². The van der Waals surface area contributed by atoms with Crippen LogP contribution in [0.1, 0.15) is 329 Å². The van der Waals surface area contributed by atoms with Crippen molar-refractivity contribution in [1.29, 1.82) is 0 Å².